The number of amides is 2. The number of anilines is 1. The summed E-state index contributed by atoms with van der Waals surface area (Å²) in [4.78, 5) is 29.2. The van der Waals surface area contributed by atoms with E-state index >= 15 is 0 Å². The van der Waals surface area contributed by atoms with Gasteiger partial charge in [0.25, 0.3) is 11.8 Å². The molecule has 3 aromatic rings. The minimum absolute atomic E-state index is 0.00112. The van der Waals surface area contributed by atoms with E-state index in [9.17, 15) is 9.59 Å². The molecule has 0 atom stereocenters. The van der Waals surface area contributed by atoms with Crippen LogP contribution in [0.2, 0.25) is 0 Å². The monoisotopic (exact) mass is 420 g/mol. The van der Waals surface area contributed by atoms with Gasteiger partial charge in [-0.05, 0) is 73.2 Å². The van der Waals surface area contributed by atoms with Crippen LogP contribution in [0.3, 0.4) is 0 Å². The number of benzene rings is 2. The largest absolute Gasteiger partial charge is 0.494 e. The maximum absolute atomic E-state index is 13.2. The Morgan fingerprint density at radius 2 is 2.00 bits per heavy atom. The molecule has 154 valence electrons. The molecule has 0 fully saturated rings. The third-order valence-electron chi connectivity index (χ3n) is 5.31. The first-order valence-electron chi connectivity index (χ1n) is 10.0. The normalized spacial score (nSPS) is 12.9. The minimum Gasteiger partial charge on any atom is -0.494 e. The number of fused-ring (bicyclic) bond motifs is 1. The zero-order chi connectivity index (χ0) is 21.1. The highest BCUT2D eigenvalue weighted by Crippen LogP contribution is 2.27. The Balaban J connectivity index is 1.52. The zero-order valence-corrected chi connectivity index (χ0v) is 17.9. The van der Waals surface area contributed by atoms with Crippen LogP contribution >= 0.6 is 11.3 Å². The Bertz CT molecular complexity index is 1090. The summed E-state index contributed by atoms with van der Waals surface area (Å²) in [6.07, 6.45) is 0.893. The van der Waals surface area contributed by atoms with Crippen LogP contribution in [0.15, 0.2) is 53.9 Å². The van der Waals surface area contributed by atoms with Gasteiger partial charge in [-0.15, -0.1) is 11.3 Å². The predicted molar refractivity (Wildman–Crippen MR) is 120 cm³/mol. The van der Waals surface area contributed by atoms with E-state index in [4.69, 9.17) is 4.74 Å². The summed E-state index contributed by atoms with van der Waals surface area (Å²) in [5.41, 5.74) is 3.78. The molecular weight excluding hydrogens is 396 g/mol. The first-order valence-corrected chi connectivity index (χ1v) is 10.9. The van der Waals surface area contributed by atoms with Gasteiger partial charge in [-0.1, -0.05) is 12.1 Å². The van der Waals surface area contributed by atoms with Crippen LogP contribution in [0.1, 0.15) is 43.6 Å². The fourth-order valence-corrected chi connectivity index (χ4v) is 4.57. The van der Waals surface area contributed by atoms with Crippen molar-refractivity contribution in [2.45, 2.75) is 26.8 Å². The highest BCUT2D eigenvalue weighted by Gasteiger charge is 2.24. The summed E-state index contributed by atoms with van der Waals surface area (Å²) in [7, 11) is 0. The number of nitrogens with zero attached hydrogens (tertiary/aromatic N) is 1. The highest BCUT2D eigenvalue weighted by atomic mass is 32.1. The van der Waals surface area contributed by atoms with Gasteiger partial charge in [-0.25, -0.2) is 0 Å². The SMILES string of the molecule is CCOc1cccc(C(=O)Nc2cccc(C(=O)N3CCc4sccc4C3)c2C)c1. The van der Waals surface area contributed by atoms with E-state index in [1.807, 2.05) is 43.0 Å². The fourth-order valence-electron chi connectivity index (χ4n) is 3.68. The molecule has 4 rings (SSSR count). The molecular formula is C24H24N2O3S. The van der Waals surface area contributed by atoms with Crippen LogP contribution in [0, 0.1) is 6.92 Å². The van der Waals surface area contributed by atoms with Crippen LogP contribution in [0.5, 0.6) is 5.75 Å². The van der Waals surface area contributed by atoms with E-state index < -0.39 is 0 Å². The number of carbonyl (C=O) groups is 2. The van der Waals surface area contributed by atoms with Gasteiger partial charge in [-0.3, -0.25) is 9.59 Å². The lowest BCUT2D eigenvalue weighted by atomic mass is 10.0. The van der Waals surface area contributed by atoms with Gasteiger partial charge < -0.3 is 15.0 Å². The lowest BCUT2D eigenvalue weighted by Gasteiger charge is -2.28. The zero-order valence-electron chi connectivity index (χ0n) is 17.1. The molecule has 2 heterocycles. The molecule has 6 heteroatoms. The van der Waals surface area contributed by atoms with Gasteiger partial charge in [0.2, 0.25) is 0 Å². The van der Waals surface area contributed by atoms with Gasteiger partial charge >= 0.3 is 0 Å². The van der Waals surface area contributed by atoms with Crippen molar-refractivity contribution in [1.29, 1.82) is 0 Å². The topological polar surface area (TPSA) is 58.6 Å². The number of nitrogens with one attached hydrogen (secondary N) is 1. The van der Waals surface area contributed by atoms with Gasteiger partial charge in [0.15, 0.2) is 0 Å². The first-order chi connectivity index (χ1) is 14.6. The molecule has 2 amide bonds. The van der Waals surface area contributed by atoms with E-state index in [0.717, 1.165) is 12.0 Å². The van der Waals surface area contributed by atoms with E-state index in [0.29, 0.717) is 42.3 Å². The Morgan fingerprint density at radius 3 is 2.83 bits per heavy atom. The number of hydrogen-bond acceptors (Lipinski definition) is 4. The standard InChI is InChI=1S/C24H24N2O3S/c1-3-29-19-7-4-6-17(14-19)23(27)25-21-9-5-8-20(16(21)2)24(28)26-12-10-22-18(15-26)11-13-30-22/h4-9,11,13-14H,3,10,12,15H2,1-2H3,(H,25,27). The minimum atomic E-state index is -0.231. The number of hydrogen-bond donors (Lipinski definition) is 1. The fraction of sp³-hybridized carbons (Fsp3) is 0.250. The van der Waals surface area contributed by atoms with Crippen molar-refractivity contribution in [3.8, 4) is 5.75 Å². The van der Waals surface area contributed by atoms with E-state index in [-0.39, 0.29) is 11.8 Å². The van der Waals surface area contributed by atoms with Crippen molar-refractivity contribution in [1.82, 2.24) is 4.90 Å². The van der Waals surface area contributed by atoms with Gasteiger partial charge in [0.1, 0.15) is 5.75 Å². The molecule has 0 aliphatic carbocycles. The molecule has 0 saturated heterocycles. The van der Waals surface area contributed by atoms with E-state index in [1.54, 1.807) is 29.5 Å². The second kappa shape index (κ2) is 8.71. The Morgan fingerprint density at radius 1 is 1.17 bits per heavy atom. The van der Waals surface area contributed by atoms with Crippen LogP contribution < -0.4 is 10.1 Å². The Labute approximate surface area is 180 Å². The van der Waals surface area contributed by atoms with Crippen molar-refractivity contribution < 1.29 is 14.3 Å². The van der Waals surface area contributed by atoms with Crippen LogP contribution in [0.4, 0.5) is 5.69 Å². The average molecular weight is 421 g/mol. The molecule has 2 aromatic carbocycles. The maximum Gasteiger partial charge on any atom is 0.255 e. The molecule has 0 spiro atoms. The number of thiophene rings is 1. The molecule has 1 N–H and O–H groups in total. The van der Waals surface area contributed by atoms with Crippen LogP contribution in [-0.4, -0.2) is 29.9 Å². The predicted octanol–water partition coefficient (Wildman–Crippen LogP) is 4.91. The van der Waals surface area contributed by atoms with Crippen molar-refractivity contribution in [3.63, 3.8) is 0 Å². The summed E-state index contributed by atoms with van der Waals surface area (Å²) in [5.74, 6) is 0.424. The highest BCUT2D eigenvalue weighted by molar-refractivity contribution is 7.10. The van der Waals surface area contributed by atoms with Gasteiger partial charge in [0.05, 0.1) is 6.61 Å². The smallest absolute Gasteiger partial charge is 0.255 e. The molecule has 1 aromatic heterocycles. The lowest BCUT2D eigenvalue weighted by molar-refractivity contribution is 0.0735. The summed E-state index contributed by atoms with van der Waals surface area (Å²) in [5, 5.41) is 5.03. The summed E-state index contributed by atoms with van der Waals surface area (Å²) >= 11 is 1.75. The maximum atomic E-state index is 13.2. The third kappa shape index (κ3) is 4.09. The average Bonchev–Trinajstić information content (AvgIpc) is 3.23. The molecule has 1 aliphatic heterocycles. The van der Waals surface area contributed by atoms with E-state index in [1.165, 1.54) is 10.4 Å². The number of rotatable bonds is 5. The van der Waals surface area contributed by atoms with Crippen LogP contribution in [0.25, 0.3) is 0 Å². The van der Waals surface area contributed by atoms with Gasteiger partial charge in [-0.2, -0.15) is 0 Å². The number of ether oxygens (including phenoxy) is 1. The second-order valence-electron chi connectivity index (χ2n) is 7.24. The van der Waals surface area contributed by atoms with Crippen molar-refractivity contribution in [3.05, 3.63) is 81.0 Å². The number of carbonyl (C=O) groups excluding carboxylic acids is 2. The van der Waals surface area contributed by atoms with E-state index in [2.05, 4.69) is 16.8 Å². The Hall–Kier alpha value is -3.12. The van der Waals surface area contributed by atoms with Crippen molar-refractivity contribution in [2.24, 2.45) is 0 Å². The molecule has 5 nitrogen and oxygen atoms in total. The van der Waals surface area contributed by atoms with Crippen molar-refractivity contribution in [2.75, 3.05) is 18.5 Å². The summed E-state index contributed by atoms with van der Waals surface area (Å²) in [6.45, 7) is 5.67. The second-order valence-corrected chi connectivity index (χ2v) is 8.24. The summed E-state index contributed by atoms with van der Waals surface area (Å²) < 4.78 is 5.48. The Kier molecular flexibility index (Phi) is 5.86. The lowest BCUT2D eigenvalue weighted by Crippen LogP contribution is -2.35. The first kappa shape index (κ1) is 20.2. The molecule has 30 heavy (non-hydrogen) atoms. The third-order valence-corrected chi connectivity index (χ3v) is 6.34. The molecule has 1 aliphatic rings. The van der Waals surface area contributed by atoms with Crippen molar-refractivity contribution >= 4 is 28.8 Å². The summed E-state index contributed by atoms with van der Waals surface area (Å²) in [6, 6.07) is 14.6. The quantitative estimate of drug-likeness (QED) is 0.638. The van der Waals surface area contributed by atoms with Crippen LogP contribution in [-0.2, 0) is 13.0 Å². The molecule has 0 unspecified atom stereocenters. The van der Waals surface area contributed by atoms with Gasteiger partial charge in [0, 0.05) is 34.8 Å². The molecule has 0 bridgehead atoms. The molecule has 0 radical (unpaired) electrons. The molecule has 0 saturated carbocycles.